The molecule has 1 saturated heterocycles. The van der Waals surface area contributed by atoms with Crippen molar-refractivity contribution in [2.45, 2.75) is 18.9 Å². The normalized spacial score (nSPS) is 15.6. The molecule has 6 nitrogen and oxygen atoms in total. The van der Waals surface area contributed by atoms with Crippen LogP contribution in [0.25, 0.3) is 20.3 Å². The van der Waals surface area contributed by atoms with Crippen molar-refractivity contribution in [3.05, 3.63) is 57.0 Å². The van der Waals surface area contributed by atoms with E-state index in [1.165, 1.54) is 27.4 Å². The molecule has 1 fully saturated rings. The standard InChI is InChI=1S/C19H16N4O2S2/c24-18(16-11-12-3-1-2-4-15(12)27-16)22-8-5-13(6-9-22)23-19(25)17-14(20-21-23)7-10-26-17/h1-4,7,10-11,13H,5-6,8-9H2. The number of hydrogen-bond acceptors (Lipinski definition) is 6. The second kappa shape index (κ2) is 6.54. The van der Waals surface area contributed by atoms with Gasteiger partial charge in [-0.25, -0.2) is 4.68 Å². The van der Waals surface area contributed by atoms with Crippen molar-refractivity contribution >= 4 is 48.9 Å². The Bertz CT molecular complexity index is 1170. The number of likely N-dealkylation sites (tertiary alicyclic amines) is 1. The van der Waals surface area contributed by atoms with Crippen LogP contribution in [0.2, 0.25) is 0 Å². The number of piperidine rings is 1. The Labute approximate surface area is 162 Å². The summed E-state index contributed by atoms with van der Waals surface area (Å²) >= 11 is 2.93. The van der Waals surface area contributed by atoms with Gasteiger partial charge in [0.25, 0.3) is 11.5 Å². The van der Waals surface area contributed by atoms with Gasteiger partial charge in [0.2, 0.25) is 0 Å². The number of amides is 1. The summed E-state index contributed by atoms with van der Waals surface area (Å²) in [7, 11) is 0. The maximum atomic E-state index is 12.9. The Morgan fingerprint density at radius 2 is 1.96 bits per heavy atom. The molecule has 0 aliphatic carbocycles. The highest BCUT2D eigenvalue weighted by molar-refractivity contribution is 7.20. The summed E-state index contributed by atoms with van der Waals surface area (Å²) in [5.74, 6) is 0.0711. The van der Waals surface area contributed by atoms with E-state index in [1.807, 2.05) is 46.7 Å². The molecule has 4 heterocycles. The molecule has 0 unspecified atom stereocenters. The molecule has 0 bridgehead atoms. The highest BCUT2D eigenvalue weighted by Crippen LogP contribution is 2.28. The van der Waals surface area contributed by atoms with E-state index in [9.17, 15) is 9.59 Å². The first-order chi connectivity index (χ1) is 13.2. The zero-order valence-corrected chi connectivity index (χ0v) is 16.0. The lowest BCUT2D eigenvalue weighted by atomic mass is 10.0. The largest absolute Gasteiger partial charge is 0.338 e. The van der Waals surface area contributed by atoms with Crippen molar-refractivity contribution in [2.75, 3.05) is 13.1 Å². The van der Waals surface area contributed by atoms with Gasteiger partial charge < -0.3 is 4.90 Å². The Kier molecular flexibility index (Phi) is 4.02. The van der Waals surface area contributed by atoms with E-state index in [0.29, 0.717) is 36.1 Å². The fourth-order valence-electron chi connectivity index (χ4n) is 3.58. The van der Waals surface area contributed by atoms with Crippen molar-refractivity contribution in [1.82, 2.24) is 19.9 Å². The summed E-state index contributed by atoms with van der Waals surface area (Å²) in [5, 5.41) is 11.2. The molecule has 1 amide bonds. The van der Waals surface area contributed by atoms with E-state index in [0.717, 1.165) is 15.0 Å². The van der Waals surface area contributed by atoms with E-state index in [-0.39, 0.29) is 17.5 Å². The molecule has 8 heteroatoms. The molecule has 0 radical (unpaired) electrons. The van der Waals surface area contributed by atoms with Gasteiger partial charge in [0, 0.05) is 17.8 Å². The molecular formula is C19H16N4O2S2. The van der Waals surface area contributed by atoms with Crippen LogP contribution in [0, 0.1) is 0 Å². The SMILES string of the molecule is O=C(c1cc2ccccc2s1)N1CCC(n2nnc3ccsc3c2=O)CC1. The number of carbonyl (C=O) groups is 1. The van der Waals surface area contributed by atoms with Crippen LogP contribution in [0.5, 0.6) is 0 Å². The van der Waals surface area contributed by atoms with Crippen LogP contribution in [0.1, 0.15) is 28.6 Å². The number of hydrogen-bond donors (Lipinski definition) is 0. The Hall–Kier alpha value is -2.58. The van der Waals surface area contributed by atoms with Gasteiger partial charge in [0.05, 0.1) is 10.9 Å². The first-order valence-electron chi connectivity index (χ1n) is 8.81. The number of carbonyl (C=O) groups excluding carboxylic acids is 1. The van der Waals surface area contributed by atoms with Crippen molar-refractivity contribution in [3.8, 4) is 0 Å². The van der Waals surface area contributed by atoms with Crippen LogP contribution < -0.4 is 5.56 Å². The number of thiophene rings is 2. The molecule has 5 rings (SSSR count). The topological polar surface area (TPSA) is 68.1 Å². The van der Waals surface area contributed by atoms with Crippen molar-refractivity contribution < 1.29 is 4.79 Å². The lowest BCUT2D eigenvalue weighted by molar-refractivity contribution is 0.0692. The number of nitrogens with zero attached hydrogens (tertiary/aromatic N) is 4. The van der Waals surface area contributed by atoms with Crippen LogP contribution in [-0.4, -0.2) is 38.9 Å². The Balaban J connectivity index is 1.34. The van der Waals surface area contributed by atoms with Gasteiger partial charge in [0.1, 0.15) is 10.2 Å². The van der Waals surface area contributed by atoms with Crippen LogP contribution in [0.3, 0.4) is 0 Å². The van der Waals surface area contributed by atoms with Gasteiger partial charge in [-0.15, -0.1) is 27.8 Å². The van der Waals surface area contributed by atoms with Crippen molar-refractivity contribution in [1.29, 1.82) is 0 Å². The van der Waals surface area contributed by atoms with Crippen LogP contribution in [0.15, 0.2) is 46.6 Å². The van der Waals surface area contributed by atoms with E-state index in [1.54, 1.807) is 0 Å². The minimum absolute atomic E-state index is 0.0112. The highest BCUT2D eigenvalue weighted by atomic mass is 32.1. The minimum atomic E-state index is -0.0794. The predicted molar refractivity (Wildman–Crippen MR) is 108 cm³/mol. The molecule has 0 N–H and O–H groups in total. The lowest BCUT2D eigenvalue weighted by Crippen LogP contribution is -2.41. The molecule has 1 aromatic carbocycles. The number of fused-ring (bicyclic) bond motifs is 2. The molecule has 3 aromatic heterocycles. The van der Waals surface area contributed by atoms with E-state index in [2.05, 4.69) is 10.3 Å². The third kappa shape index (κ3) is 2.85. The van der Waals surface area contributed by atoms with Gasteiger partial charge in [-0.2, -0.15) is 0 Å². The molecule has 0 atom stereocenters. The molecule has 0 saturated carbocycles. The smallest absolute Gasteiger partial charge is 0.287 e. The maximum absolute atomic E-state index is 12.9. The van der Waals surface area contributed by atoms with E-state index < -0.39 is 0 Å². The highest BCUT2D eigenvalue weighted by Gasteiger charge is 2.27. The quantitative estimate of drug-likeness (QED) is 0.520. The third-order valence-electron chi connectivity index (χ3n) is 5.03. The van der Waals surface area contributed by atoms with Crippen molar-refractivity contribution in [2.24, 2.45) is 0 Å². The van der Waals surface area contributed by atoms with E-state index >= 15 is 0 Å². The Morgan fingerprint density at radius 3 is 2.78 bits per heavy atom. The zero-order valence-electron chi connectivity index (χ0n) is 14.4. The van der Waals surface area contributed by atoms with Gasteiger partial charge in [-0.3, -0.25) is 9.59 Å². The number of aromatic nitrogens is 3. The minimum Gasteiger partial charge on any atom is -0.338 e. The second-order valence-corrected chi connectivity index (χ2v) is 8.65. The summed E-state index contributed by atoms with van der Waals surface area (Å²) in [4.78, 5) is 28.1. The summed E-state index contributed by atoms with van der Waals surface area (Å²) in [6.45, 7) is 1.24. The average Bonchev–Trinajstić information content (AvgIpc) is 3.35. The van der Waals surface area contributed by atoms with Crippen molar-refractivity contribution in [3.63, 3.8) is 0 Å². The molecular weight excluding hydrogens is 380 g/mol. The number of benzene rings is 1. The van der Waals surface area contributed by atoms with E-state index in [4.69, 9.17) is 0 Å². The summed E-state index contributed by atoms with van der Waals surface area (Å²) in [5.41, 5.74) is 0.572. The van der Waals surface area contributed by atoms with Gasteiger partial charge in [-0.1, -0.05) is 23.4 Å². The predicted octanol–water partition coefficient (Wildman–Crippen LogP) is 3.55. The first-order valence-corrected chi connectivity index (χ1v) is 10.5. The molecule has 1 aliphatic heterocycles. The molecule has 27 heavy (non-hydrogen) atoms. The van der Waals surface area contributed by atoms with Gasteiger partial charge in [-0.05, 0) is 41.8 Å². The molecule has 1 aliphatic rings. The van der Waals surface area contributed by atoms with Gasteiger partial charge in [0.15, 0.2) is 0 Å². The van der Waals surface area contributed by atoms with Crippen LogP contribution >= 0.6 is 22.7 Å². The maximum Gasteiger partial charge on any atom is 0.287 e. The first kappa shape index (κ1) is 16.6. The second-order valence-electron chi connectivity index (χ2n) is 6.65. The monoisotopic (exact) mass is 396 g/mol. The van der Waals surface area contributed by atoms with Crippen LogP contribution in [0.4, 0.5) is 0 Å². The summed E-state index contributed by atoms with van der Waals surface area (Å²) < 4.78 is 3.27. The average molecular weight is 396 g/mol. The summed E-state index contributed by atoms with van der Waals surface area (Å²) in [6.07, 6.45) is 1.42. The molecule has 0 spiro atoms. The lowest BCUT2D eigenvalue weighted by Gasteiger charge is -2.31. The van der Waals surface area contributed by atoms with Gasteiger partial charge >= 0.3 is 0 Å². The zero-order chi connectivity index (χ0) is 18.4. The van der Waals surface area contributed by atoms with Crippen LogP contribution in [-0.2, 0) is 0 Å². The third-order valence-corrected chi connectivity index (χ3v) is 7.03. The molecule has 4 aromatic rings. The Morgan fingerprint density at radius 1 is 1.15 bits per heavy atom. The molecule has 136 valence electrons. The fourth-order valence-corrected chi connectivity index (χ4v) is 5.37. The fraction of sp³-hybridized carbons (Fsp3) is 0.263. The number of rotatable bonds is 2. The summed E-state index contributed by atoms with van der Waals surface area (Å²) in [6, 6.07) is 11.8.